The molecule has 0 radical (unpaired) electrons. The quantitative estimate of drug-likeness (QED) is 0.377. The summed E-state index contributed by atoms with van der Waals surface area (Å²) in [5.74, 6) is 0.208. The average Bonchev–Trinajstić information content (AvgIpc) is 3.31. The van der Waals surface area contributed by atoms with Gasteiger partial charge in [0.05, 0.1) is 39.0 Å². The number of rotatable bonds is 7. The number of methoxy groups -OCH3 is 3. The van der Waals surface area contributed by atoms with Gasteiger partial charge in [0.2, 0.25) is 0 Å². The Bertz CT molecular complexity index is 1270. The van der Waals surface area contributed by atoms with E-state index in [1.54, 1.807) is 69.1 Å². The molecule has 4 rings (SSSR count). The molecule has 0 aliphatic carbocycles. The van der Waals surface area contributed by atoms with E-state index < -0.39 is 11.9 Å². The maximum Gasteiger partial charge on any atom is 0.338 e. The van der Waals surface area contributed by atoms with E-state index in [2.05, 4.69) is 4.98 Å². The molecule has 0 bridgehead atoms. The number of amides is 1. The fraction of sp³-hybridized carbons (Fsp3) is 0.167. The van der Waals surface area contributed by atoms with Gasteiger partial charge in [0, 0.05) is 12.4 Å². The molecule has 0 saturated heterocycles. The number of ether oxygens (including phenoxy) is 3. The zero-order valence-corrected chi connectivity index (χ0v) is 19.1. The maximum absolute atomic E-state index is 13.8. The Hall–Kier alpha value is -3.98. The molecule has 2 aromatic carbocycles. The molecule has 1 amide bonds. The number of carbonyl (C=O) groups is 2. The van der Waals surface area contributed by atoms with E-state index in [-0.39, 0.29) is 17.7 Å². The molecule has 0 saturated carbocycles. The van der Waals surface area contributed by atoms with Crippen molar-refractivity contribution in [3.63, 3.8) is 0 Å². The SMILES string of the molecule is COC(=O)c1ccccc1C(=O)N(Cc1cccnc1)c1nc2c(OC)ccc(OC)c2s1. The number of pyridine rings is 1. The molecule has 8 nitrogen and oxygen atoms in total. The second-order valence-electron chi connectivity index (χ2n) is 6.93. The molecule has 168 valence electrons. The molecule has 4 aromatic rings. The number of fused-ring (bicyclic) bond motifs is 1. The molecule has 0 atom stereocenters. The third-order valence-electron chi connectivity index (χ3n) is 5.00. The van der Waals surface area contributed by atoms with Crippen molar-refractivity contribution in [1.82, 2.24) is 9.97 Å². The Morgan fingerprint density at radius 3 is 2.33 bits per heavy atom. The molecular weight excluding hydrogens is 442 g/mol. The van der Waals surface area contributed by atoms with Crippen LogP contribution in [0.25, 0.3) is 10.2 Å². The van der Waals surface area contributed by atoms with Gasteiger partial charge in [-0.2, -0.15) is 0 Å². The van der Waals surface area contributed by atoms with Crippen LogP contribution in [-0.4, -0.2) is 43.2 Å². The standard InChI is InChI=1S/C24H21N3O5S/c1-30-18-10-11-19(31-2)21-20(18)26-24(33-21)27(14-15-7-6-12-25-13-15)22(28)16-8-4-5-9-17(16)23(29)32-3/h4-13H,14H2,1-3H3. The van der Waals surface area contributed by atoms with Crippen LogP contribution in [0.1, 0.15) is 26.3 Å². The number of esters is 1. The lowest BCUT2D eigenvalue weighted by molar-refractivity contribution is 0.0597. The maximum atomic E-state index is 13.8. The van der Waals surface area contributed by atoms with E-state index in [1.165, 1.54) is 23.3 Å². The summed E-state index contributed by atoms with van der Waals surface area (Å²) in [6.45, 7) is 0.201. The normalized spacial score (nSPS) is 10.6. The van der Waals surface area contributed by atoms with Crippen LogP contribution in [0.15, 0.2) is 60.9 Å². The van der Waals surface area contributed by atoms with E-state index >= 15 is 0 Å². The van der Waals surface area contributed by atoms with Gasteiger partial charge in [0.15, 0.2) is 5.13 Å². The second-order valence-corrected chi connectivity index (χ2v) is 7.91. The van der Waals surface area contributed by atoms with Gasteiger partial charge in [0.25, 0.3) is 5.91 Å². The highest BCUT2D eigenvalue weighted by Gasteiger charge is 2.27. The second kappa shape index (κ2) is 9.66. The van der Waals surface area contributed by atoms with Gasteiger partial charge < -0.3 is 14.2 Å². The van der Waals surface area contributed by atoms with E-state index in [1.807, 2.05) is 6.07 Å². The van der Waals surface area contributed by atoms with Crippen molar-refractivity contribution >= 4 is 38.6 Å². The third-order valence-corrected chi connectivity index (χ3v) is 6.09. The Kier molecular flexibility index (Phi) is 6.50. The third kappa shape index (κ3) is 4.35. The summed E-state index contributed by atoms with van der Waals surface area (Å²) in [6, 6.07) is 13.8. The molecule has 2 aromatic heterocycles. The minimum Gasteiger partial charge on any atom is -0.495 e. The molecule has 2 heterocycles. The Balaban J connectivity index is 1.87. The highest BCUT2D eigenvalue weighted by atomic mass is 32.1. The fourth-order valence-electron chi connectivity index (χ4n) is 3.39. The van der Waals surface area contributed by atoms with E-state index in [0.717, 1.165) is 10.3 Å². The first kappa shape index (κ1) is 22.2. The smallest absolute Gasteiger partial charge is 0.338 e. The lowest BCUT2D eigenvalue weighted by Crippen LogP contribution is -2.31. The van der Waals surface area contributed by atoms with Crippen LogP contribution in [0.2, 0.25) is 0 Å². The van der Waals surface area contributed by atoms with Crippen LogP contribution in [0.3, 0.4) is 0 Å². The predicted molar refractivity (Wildman–Crippen MR) is 125 cm³/mol. The van der Waals surface area contributed by atoms with Crippen molar-refractivity contribution in [2.45, 2.75) is 6.54 Å². The largest absolute Gasteiger partial charge is 0.495 e. The summed E-state index contributed by atoms with van der Waals surface area (Å²) in [5.41, 5.74) is 1.78. The molecule has 33 heavy (non-hydrogen) atoms. The topological polar surface area (TPSA) is 90.9 Å². The van der Waals surface area contributed by atoms with Crippen LogP contribution >= 0.6 is 11.3 Å². The van der Waals surface area contributed by atoms with Crippen LogP contribution in [-0.2, 0) is 11.3 Å². The number of carbonyl (C=O) groups excluding carboxylic acids is 2. The number of anilines is 1. The van der Waals surface area contributed by atoms with E-state index in [4.69, 9.17) is 19.2 Å². The molecule has 9 heteroatoms. The summed E-state index contributed by atoms with van der Waals surface area (Å²) in [7, 11) is 4.42. The minimum absolute atomic E-state index is 0.178. The van der Waals surface area contributed by atoms with E-state index in [0.29, 0.717) is 22.1 Å². The number of hydrogen-bond donors (Lipinski definition) is 0. The molecule has 0 unspecified atom stereocenters. The molecule has 0 aliphatic rings. The van der Waals surface area contributed by atoms with Crippen molar-refractivity contribution < 1.29 is 23.8 Å². The van der Waals surface area contributed by atoms with Crippen LogP contribution in [0.4, 0.5) is 5.13 Å². The molecule has 0 fully saturated rings. The van der Waals surface area contributed by atoms with Crippen LogP contribution in [0, 0.1) is 0 Å². The minimum atomic E-state index is -0.590. The predicted octanol–water partition coefficient (Wildman–Crippen LogP) is 4.34. The van der Waals surface area contributed by atoms with Crippen LogP contribution < -0.4 is 14.4 Å². The molecule has 0 spiro atoms. The first-order chi connectivity index (χ1) is 16.1. The Morgan fingerprint density at radius 1 is 0.939 bits per heavy atom. The summed E-state index contributed by atoms with van der Waals surface area (Å²) < 4.78 is 16.6. The Labute approximate surface area is 194 Å². The summed E-state index contributed by atoms with van der Waals surface area (Å²) in [6.07, 6.45) is 3.34. The van der Waals surface area contributed by atoms with Crippen molar-refractivity contribution in [2.75, 3.05) is 26.2 Å². The summed E-state index contributed by atoms with van der Waals surface area (Å²) in [5, 5.41) is 0.432. The van der Waals surface area contributed by atoms with Gasteiger partial charge in [-0.15, -0.1) is 0 Å². The van der Waals surface area contributed by atoms with Gasteiger partial charge in [-0.1, -0.05) is 29.5 Å². The van der Waals surface area contributed by atoms with Crippen molar-refractivity contribution in [1.29, 1.82) is 0 Å². The van der Waals surface area contributed by atoms with Crippen LogP contribution in [0.5, 0.6) is 11.5 Å². The van der Waals surface area contributed by atoms with Crippen molar-refractivity contribution in [3.8, 4) is 11.5 Å². The number of hydrogen-bond acceptors (Lipinski definition) is 8. The molecular formula is C24H21N3O5S. The first-order valence-corrected chi connectivity index (χ1v) is 10.8. The highest BCUT2D eigenvalue weighted by molar-refractivity contribution is 7.22. The van der Waals surface area contributed by atoms with Crippen molar-refractivity contribution in [3.05, 3.63) is 77.6 Å². The lowest BCUT2D eigenvalue weighted by Gasteiger charge is -2.21. The number of aromatic nitrogens is 2. The number of nitrogens with zero attached hydrogens (tertiary/aromatic N) is 3. The zero-order chi connectivity index (χ0) is 23.4. The lowest BCUT2D eigenvalue weighted by atomic mass is 10.1. The first-order valence-electron chi connectivity index (χ1n) is 9.97. The summed E-state index contributed by atoms with van der Waals surface area (Å²) in [4.78, 5) is 36.5. The van der Waals surface area contributed by atoms with Crippen molar-refractivity contribution in [2.24, 2.45) is 0 Å². The number of benzene rings is 2. The van der Waals surface area contributed by atoms with E-state index in [9.17, 15) is 9.59 Å². The fourth-order valence-corrected chi connectivity index (χ4v) is 4.47. The summed E-state index contributed by atoms with van der Waals surface area (Å²) >= 11 is 1.30. The Morgan fingerprint density at radius 2 is 1.67 bits per heavy atom. The van der Waals surface area contributed by atoms with Gasteiger partial charge in [-0.25, -0.2) is 9.78 Å². The van der Waals surface area contributed by atoms with Gasteiger partial charge in [-0.3, -0.25) is 14.7 Å². The van der Waals surface area contributed by atoms with Gasteiger partial charge in [0.1, 0.15) is 21.7 Å². The monoisotopic (exact) mass is 463 g/mol. The van der Waals surface area contributed by atoms with Gasteiger partial charge in [-0.05, 0) is 35.9 Å². The molecule has 0 aliphatic heterocycles. The molecule has 0 N–H and O–H groups in total. The average molecular weight is 464 g/mol. The zero-order valence-electron chi connectivity index (χ0n) is 18.3. The highest BCUT2D eigenvalue weighted by Crippen LogP contribution is 2.40. The number of thiazole rings is 1. The van der Waals surface area contributed by atoms with Gasteiger partial charge >= 0.3 is 5.97 Å².